The average Bonchev–Trinajstić information content (AvgIpc) is 3.49. The molecular weight excluding hydrogens is 402 g/mol. The predicted molar refractivity (Wildman–Crippen MR) is 125 cm³/mol. The number of carbonyl (C=O) groups excluding carboxylic acids is 1. The second kappa shape index (κ2) is 10.6. The van der Waals surface area contributed by atoms with Gasteiger partial charge in [-0.05, 0) is 106 Å². The molecule has 1 amide bonds. The monoisotopic (exact) mass is 445 g/mol. The topological polar surface area (TPSA) is 70.4 Å². The molecule has 1 aromatic rings. The number of rotatable bonds is 8. The Bertz CT molecular complexity index is 736. The van der Waals surface area contributed by atoms with Gasteiger partial charge in [-0.1, -0.05) is 13.8 Å². The fraction of sp³-hybridized carbons (Fsp3) is 0.917. The highest BCUT2D eigenvalue weighted by atomic mass is 16.2. The fourth-order valence-electron chi connectivity index (χ4n) is 5.98. The molecule has 3 aliphatic heterocycles. The molecule has 0 aliphatic carbocycles. The maximum Gasteiger partial charge on any atom is 0.219 e. The van der Waals surface area contributed by atoms with Crippen molar-refractivity contribution in [2.45, 2.75) is 84.2 Å². The average molecular weight is 446 g/mol. The second-order valence-electron chi connectivity index (χ2n) is 10.8. The van der Waals surface area contributed by atoms with Crippen LogP contribution in [0.1, 0.15) is 78.0 Å². The molecule has 0 aromatic carbocycles. The van der Waals surface area contributed by atoms with E-state index >= 15 is 0 Å². The smallest absolute Gasteiger partial charge is 0.219 e. The van der Waals surface area contributed by atoms with E-state index in [1.54, 1.807) is 6.92 Å². The number of aromatic nitrogens is 4. The van der Waals surface area contributed by atoms with Crippen LogP contribution < -0.4 is 0 Å². The summed E-state index contributed by atoms with van der Waals surface area (Å²) >= 11 is 0. The molecule has 1 unspecified atom stereocenters. The molecule has 8 nitrogen and oxygen atoms in total. The first-order valence-corrected chi connectivity index (χ1v) is 13.0. The summed E-state index contributed by atoms with van der Waals surface area (Å²) in [5.74, 6) is 2.55. The summed E-state index contributed by atoms with van der Waals surface area (Å²) in [6.07, 6.45) is 9.64. The first kappa shape index (κ1) is 23.6. The maximum absolute atomic E-state index is 12.3. The number of piperidine rings is 2. The van der Waals surface area contributed by atoms with Gasteiger partial charge in [0.25, 0.3) is 0 Å². The number of aryl methyl sites for hydroxylation is 1. The van der Waals surface area contributed by atoms with Crippen LogP contribution in [0.2, 0.25) is 0 Å². The molecule has 3 saturated heterocycles. The van der Waals surface area contributed by atoms with E-state index in [9.17, 15) is 4.79 Å². The van der Waals surface area contributed by atoms with E-state index in [2.05, 4.69) is 39.2 Å². The number of hydrogen-bond donors (Lipinski definition) is 0. The van der Waals surface area contributed by atoms with Crippen molar-refractivity contribution in [3.05, 3.63) is 5.82 Å². The number of tetrazole rings is 1. The van der Waals surface area contributed by atoms with E-state index in [4.69, 9.17) is 0 Å². The Kier molecular flexibility index (Phi) is 7.82. The first-order chi connectivity index (χ1) is 15.5. The molecule has 0 bridgehead atoms. The van der Waals surface area contributed by atoms with E-state index in [-0.39, 0.29) is 11.4 Å². The highest BCUT2D eigenvalue weighted by Gasteiger charge is 2.47. The molecule has 0 N–H and O–H groups in total. The van der Waals surface area contributed by atoms with Crippen LogP contribution in [0.4, 0.5) is 0 Å². The van der Waals surface area contributed by atoms with E-state index in [1.165, 1.54) is 51.7 Å². The lowest BCUT2D eigenvalue weighted by Gasteiger charge is -2.50. The lowest BCUT2D eigenvalue weighted by Crippen LogP contribution is -2.60. The van der Waals surface area contributed by atoms with Crippen LogP contribution in [-0.2, 0) is 16.9 Å². The SMILES string of the molecule is CC(=O)N1CCCC(c2nnnn2CCC(C)C)(N2CCC(CCN3CCCC3)CC2)C1. The molecule has 0 saturated carbocycles. The van der Waals surface area contributed by atoms with Gasteiger partial charge in [-0.2, -0.15) is 0 Å². The Balaban J connectivity index is 1.48. The van der Waals surface area contributed by atoms with Crippen molar-refractivity contribution in [3.8, 4) is 0 Å². The number of likely N-dealkylation sites (tertiary alicyclic amines) is 3. The molecule has 0 radical (unpaired) electrons. The van der Waals surface area contributed by atoms with Gasteiger partial charge in [-0.25, -0.2) is 4.68 Å². The van der Waals surface area contributed by atoms with Crippen molar-refractivity contribution in [2.24, 2.45) is 11.8 Å². The molecule has 8 heteroatoms. The summed E-state index contributed by atoms with van der Waals surface area (Å²) in [6.45, 7) is 14.6. The van der Waals surface area contributed by atoms with Crippen LogP contribution in [0.3, 0.4) is 0 Å². The van der Waals surface area contributed by atoms with Crippen molar-refractivity contribution in [1.29, 1.82) is 0 Å². The minimum absolute atomic E-state index is 0.163. The Morgan fingerprint density at radius 2 is 1.81 bits per heavy atom. The minimum Gasteiger partial charge on any atom is -0.341 e. The lowest BCUT2D eigenvalue weighted by molar-refractivity contribution is -0.134. The third-order valence-electron chi connectivity index (χ3n) is 8.05. The number of nitrogens with zero attached hydrogens (tertiary/aromatic N) is 7. The highest BCUT2D eigenvalue weighted by molar-refractivity contribution is 5.73. The number of amides is 1. The van der Waals surface area contributed by atoms with E-state index in [1.807, 2.05) is 9.58 Å². The van der Waals surface area contributed by atoms with Crippen molar-refractivity contribution >= 4 is 5.91 Å². The molecule has 0 spiro atoms. The summed E-state index contributed by atoms with van der Waals surface area (Å²) < 4.78 is 2.03. The zero-order valence-electron chi connectivity index (χ0n) is 20.5. The van der Waals surface area contributed by atoms with Crippen molar-refractivity contribution in [1.82, 2.24) is 34.9 Å². The van der Waals surface area contributed by atoms with E-state index in [0.29, 0.717) is 12.5 Å². The largest absolute Gasteiger partial charge is 0.341 e. The van der Waals surface area contributed by atoms with E-state index in [0.717, 1.165) is 57.2 Å². The minimum atomic E-state index is -0.260. The fourth-order valence-corrected chi connectivity index (χ4v) is 5.98. The summed E-state index contributed by atoms with van der Waals surface area (Å²) in [5, 5.41) is 13.1. The maximum atomic E-state index is 12.3. The second-order valence-corrected chi connectivity index (χ2v) is 10.8. The normalized spacial score (nSPS) is 26.3. The molecule has 1 atom stereocenters. The quantitative estimate of drug-likeness (QED) is 0.613. The van der Waals surface area contributed by atoms with Gasteiger partial charge in [0, 0.05) is 26.6 Å². The highest BCUT2D eigenvalue weighted by Crippen LogP contribution is 2.39. The van der Waals surface area contributed by atoms with Crippen molar-refractivity contribution in [3.63, 3.8) is 0 Å². The van der Waals surface area contributed by atoms with Gasteiger partial charge in [-0.15, -0.1) is 5.10 Å². The third-order valence-corrected chi connectivity index (χ3v) is 8.05. The summed E-state index contributed by atoms with van der Waals surface area (Å²) in [6, 6.07) is 0. The van der Waals surface area contributed by atoms with Gasteiger partial charge in [0.1, 0.15) is 5.54 Å². The first-order valence-electron chi connectivity index (χ1n) is 13.0. The van der Waals surface area contributed by atoms with Gasteiger partial charge < -0.3 is 9.80 Å². The molecule has 4 rings (SSSR count). The van der Waals surface area contributed by atoms with Crippen molar-refractivity contribution < 1.29 is 4.79 Å². The molecule has 180 valence electrons. The third kappa shape index (κ3) is 5.33. The summed E-state index contributed by atoms with van der Waals surface area (Å²) in [5.41, 5.74) is -0.260. The molecule has 3 fully saturated rings. The molecule has 32 heavy (non-hydrogen) atoms. The Labute approximate surface area is 193 Å². The van der Waals surface area contributed by atoms with Crippen LogP contribution in [-0.4, -0.2) is 86.6 Å². The number of hydrogen-bond acceptors (Lipinski definition) is 6. The Hall–Kier alpha value is -1.54. The lowest BCUT2D eigenvalue weighted by atomic mass is 9.82. The van der Waals surface area contributed by atoms with Gasteiger partial charge in [-0.3, -0.25) is 9.69 Å². The van der Waals surface area contributed by atoms with Crippen molar-refractivity contribution in [2.75, 3.05) is 45.8 Å². The van der Waals surface area contributed by atoms with Crippen LogP contribution >= 0.6 is 0 Å². The summed E-state index contributed by atoms with van der Waals surface area (Å²) in [7, 11) is 0. The van der Waals surface area contributed by atoms with Gasteiger partial charge >= 0.3 is 0 Å². The molecule has 3 aliphatic rings. The molecular formula is C24H43N7O. The van der Waals surface area contributed by atoms with E-state index < -0.39 is 0 Å². The predicted octanol–water partition coefficient (Wildman–Crippen LogP) is 2.75. The zero-order valence-corrected chi connectivity index (χ0v) is 20.5. The van der Waals surface area contributed by atoms with Crippen LogP contribution in [0.25, 0.3) is 0 Å². The Morgan fingerprint density at radius 3 is 2.50 bits per heavy atom. The van der Waals surface area contributed by atoms with Gasteiger partial charge in [0.2, 0.25) is 5.91 Å². The number of carbonyl (C=O) groups is 1. The van der Waals surface area contributed by atoms with Crippen LogP contribution in [0.15, 0.2) is 0 Å². The zero-order chi connectivity index (χ0) is 22.6. The van der Waals surface area contributed by atoms with Crippen LogP contribution in [0.5, 0.6) is 0 Å². The summed E-state index contributed by atoms with van der Waals surface area (Å²) in [4.78, 5) is 19.6. The Morgan fingerprint density at radius 1 is 1.06 bits per heavy atom. The molecule has 4 heterocycles. The standard InChI is InChI=1S/C24H43N7O/c1-20(2)7-18-31-23(25-26-27-31)24(11-6-14-29(19-24)21(3)32)30-16-9-22(10-17-30)8-15-28-12-4-5-13-28/h20,22H,4-19H2,1-3H3. The van der Waals surface area contributed by atoms with Gasteiger partial charge in [0.15, 0.2) is 5.82 Å². The van der Waals surface area contributed by atoms with Gasteiger partial charge in [0.05, 0.1) is 0 Å². The molecule has 1 aromatic heterocycles. The van der Waals surface area contributed by atoms with Crippen LogP contribution in [0, 0.1) is 11.8 Å².